The van der Waals surface area contributed by atoms with Crippen LogP contribution in [-0.4, -0.2) is 39.5 Å². The second-order valence-corrected chi connectivity index (χ2v) is 6.36. The Morgan fingerprint density at radius 2 is 2.27 bits per heavy atom. The molecule has 6 heteroatoms. The van der Waals surface area contributed by atoms with Crippen LogP contribution in [-0.2, 0) is 18.3 Å². The standard InChI is InChI=1S/C16H28N4O.ClH/c1-4-12(2)15(17)16(21)20-8-5-6-13(11-20)10-14-18-7-9-19(14)3;/h7,9,12-13,15H,4-6,8,10-11,17H2,1-3H3;1H. The number of aryl methyl sites for hydroxylation is 1. The molecule has 5 nitrogen and oxygen atoms in total. The molecular formula is C16H29ClN4O. The first-order valence-corrected chi connectivity index (χ1v) is 8.03. The monoisotopic (exact) mass is 328 g/mol. The number of imidazole rings is 1. The van der Waals surface area contributed by atoms with Crippen molar-refractivity contribution in [3.63, 3.8) is 0 Å². The Morgan fingerprint density at radius 1 is 1.55 bits per heavy atom. The van der Waals surface area contributed by atoms with Gasteiger partial charge in [-0.2, -0.15) is 0 Å². The van der Waals surface area contributed by atoms with Gasteiger partial charge >= 0.3 is 0 Å². The summed E-state index contributed by atoms with van der Waals surface area (Å²) in [5.41, 5.74) is 6.10. The summed E-state index contributed by atoms with van der Waals surface area (Å²) in [4.78, 5) is 18.9. The maximum atomic E-state index is 12.5. The first kappa shape index (κ1) is 19.0. The van der Waals surface area contributed by atoms with Crippen LogP contribution in [0, 0.1) is 11.8 Å². The highest BCUT2D eigenvalue weighted by molar-refractivity contribution is 5.85. The summed E-state index contributed by atoms with van der Waals surface area (Å²) >= 11 is 0. The molecule has 1 saturated heterocycles. The molecule has 0 bridgehead atoms. The molecule has 0 saturated carbocycles. The predicted molar refractivity (Wildman–Crippen MR) is 90.9 cm³/mol. The number of carbonyl (C=O) groups is 1. The number of hydrogen-bond acceptors (Lipinski definition) is 3. The number of halogens is 1. The minimum absolute atomic E-state index is 0. The number of amides is 1. The molecule has 126 valence electrons. The first-order valence-electron chi connectivity index (χ1n) is 8.03. The molecular weight excluding hydrogens is 300 g/mol. The summed E-state index contributed by atoms with van der Waals surface area (Å²) in [6.45, 7) is 5.80. The molecule has 3 atom stereocenters. The molecule has 1 aromatic heterocycles. The van der Waals surface area contributed by atoms with E-state index in [0.717, 1.165) is 44.6 Å². The van der Waals surface area contributed by atoms with Crippen LogP contribution in [0.25, 0.3) is 0 Å². The van der Waals surface area contributed by atoms with Crippen molar-refractivity contribution >= 4 is 18.3 Å². The van der Waals surface area contributed by atoms with Crippen molar-refractivity contribution in [3.05, 3.63) is 18.2 Å². The van der Waals surface area contributed by atoms with Gasteiger partial charge < -0.3 is 15.2 Å². The van der Waals surface area contributed by atoms with Gasteiger partial charge in [0.1, 0.15) is 5.82 Å². The fraction of sp³-hybridized carbons (Fsp3) is 0.750. The van der Waals surface area contributed by atoms with E-state index < -0.39 is 0 Å². The lowest BCUT2D eigenvalue weighted by molar-refractivity contribution is -0.135. The maximum absolute atomic E-state index is 12.5. The van der Waals surface area contributed by atoms with Crippen LogP contribution >= 0.6 is 12.4 Å². The minimum Gasteiger partial charge on any atom is -0.341 e. The fourth-order valence-corrected chi connectivity index (χ4v) is 2.99. The Morgan fingerprint density at radius 3 is 2.86 bits per heavy atom. The highest BCUT2D eigenvalue weighted by Crippen LogP contribution is 2.21. The number of hydrogen-bond donors (Lipinski definition) is 1. The number of nitrogens with zero attached hydrogens (tertiary/aromatic N) is 3. The topological polar surface area (TPSA) is 64.2 Å². The molecule has 0 aromatic carbocycles. The van der Waals surface area contributed by atoms with E-state index in [9.17, 15) is 4.79 Å². The van der Waals surface area contributed by atoms with E-state index in [2.05, 4.69) is 23.4 Å². The zero-order valence-corrected chi connectivity index (χ0v) is 14.7. The van der Waals surface area contributed by atoms with E-state index in [1.54, 1.807) is 0 Å². The Labute approximate surface area is 139 Å². The number of nitrogens with two attached hydrogens (primary N) is 1. The van der Waals surface area contributed by atoms with Crippen molar-refractivity contribution in [2.24, 2.45) is 24.6 Å². The van der Waals surface area contributed by atoms with Crippen LogP contribution in [0.3, 0.4) is 0 Å². The Bertz CT molecular complexity index is 476. The van der Waals surface area contributed by atoms with Crippen molar-refractivity contribution in [2.75, 3.05) is 13.1 Å². The number of aromatic nitrogens is 2. The molecule has 0 spiro atoms. The summed E-state index contributed by atoms with van der Waals surface area (Å²) in [6, 6.07) is -0.359. The third-order valence-electron chi connectivity index (χ3n) is 4.77. The number of likely N-dealkylation sites (tertiary alicyclic amines) is 1. The van der Waals surface area contributed by atoms with E-state index in [1.165, 1.54) is 0 Å². The summed E-state index contributed by atoms with van der Waals surface area (Å²) in [5, 5.41) is 0. The summed E-state index contributed by atoms with van der Waals surface area (Å²) in [7, 11) is 2.02. The zero-order valence-electron chi connectivity index (χ0n) is 13.9. The first-order chi connectivity index (χ1) is 10.0. The van der Waals surface area contributed by atoms with Gasteiger partial charge in [0.05, 0.1) is 6.04 Å². The van der Waals surface area contributed by atoms with E-state index in [0.29, 0.717) is 5.92 Å². The van der Waals surface area contributed by atoms with Crippen molar-refractivity contribution in [1.29, 1.82) is 0 Å². The lowest BCUT2D eigenvalue weighted by Crippen LogP contribution is -2.50. The SMILES string of the molecule is CCC(C)C(N)C(=O)N1CCCC(Cc2nccn2C)C1.Cl. The van der Waals surface area contributed by atoms with E-state index in [-0.39, 0.29) is 30.3 Å². The second-order valence-electron chi connectivity index (χ2n) is 6.36. The van der Waals surface area contributed by atoms with Crippen LogP contribution in [0.4, 0.5) is 0 Å². The Kier molecular flexibility index (Phi) is 7.36. The molecule has 1 amide bonds. The molecule has 2 heterocycles. The summed E-state index contributed by atoms with van der Waals surface area (Å²) in [5.74, 6) is 1.95. The third-order valence-corrected chi connectivity index (χ3v) is 4.77. The minimum atomic E-state index is -0.359. The van der Waals surface area contributed by atoms with Crippen molar-refractivity contribution in [2.45, 2.75) is 45.6 Å². The molecule has 3 unspecified atom stereocenters. The van der Waals surface area contributed by atoms with E-state index in [1.807, 2.05) is 24.3 Å². The summed E-state index contributed by atoms with van der Waals surface area (Å²) < 4.78 is 2.06. The van der Waals surface area contributed by atoms with Crippen molar-refractivity contribution in [1.82, 2.24) is 14.5 Å². The average Bonchev–Trinajstić information content (AvgIpc) is 2.90. The van der Waals surface area contributed by atoms with Gasteiger partial charge in [0.15, 0.2) is 0 Å². The van der Waals surface area contributed by atoms with Crippen LogP contribution in [0.15, 0.2) is 12.4 Å². The van der Waals surface area contributed by atoms with Crippen LogP contribution in [0.5, 0.6) is 0 Å². The lowest BCUT2D eigenvalue weighted by atomic mass is 9.92. The van der Waals surface area contributed by atoms with Crippen LogP contribution < -0.4 is 5.73 Å². The average molecular weight is 329 g/mol. The number of rotatable bonds is 5. The second kappa shape index (κ2) is 8.53. The highest BCUT2D eigenvalue weighted by atomic mass is 35.5. The van der Waals surface area contributed by atoms with Crippen LogP contribution in [0.2, 0.25) is 0 Å². The lowest BCUT2D eigenvalue weighted by Gasteiger charge is -2.35. The fourth-order valence-electron chi connectivity index (χ4n) is 2.99. The van der Waals surface area contributed by atoms with Gasteiger partial charge in [0.2, 0.25) is 5.91 Å². The smallest absolute Gasteiger partial charge is 0.239 e. The molecule has 2 rings (SSSR count). The van der Waals surface area contributed by atoms with E-state index >= 15 is 0 Å². The van der Waals surface area contributed by atoms with Gasteiger partial charge in [0.25, 0.3) is 0 Å². The van der Waals surface area contributed by atoms with Gasteiger partial charge in [0, 0.05) is 39.0 Å². The molecule has 0 radical (unpaired) electrons. The Hall–Kier alpha value is -1.07. The zero-order chi connectivity index (χ0) is 15.4. The van der Waals surface area contributed by atoms with Crippen molar-refractivity contribution in [3.8, 4) is 0 Å². The predicted octanol–water partition coefficient (Wildman–Crippen LogP) is 2.00. The van der Waals surface area contributed by atoms with Crippen molar-refractivity contribution < 1.29 is 4.79 Å². The molecule has 1 aromatic rings. The molecule has 1 aliphatic rings. The third kappa shape index (κ3) is 4.46. The van der Waals surface area contributed by atoms with Gasteiger partial charge in [-0.25, -0.2) is 4.98 Å². The molecule has 1 fully saturated rings. The quantitative estimate of drug-likeness (QED) is 0.899. The van der Waals surface area contributed by atoms with E-state index in [4.69, 9.17) is 5.73 Å². The Balaban J connectivity index is 0.00000242. The molecule has 22 heavy (non-hydrogen) atoms. The normalized spacial score (nSPS) is 21.1. The molecule has 2 N–H and O–H groups in total. The number of piperidine rings is 1. The highest BCUT2D eigenvalue weighted by Gasteiger charge is 2.29. The van der Waals surface area contributed by atoms with Gasteiger partial charge in [-0.15, -0.1) is 12.4 Å². The van der Waals surface area contributed by atoms with Gasteiger partial charge in [-0.1, -0.05) is 20.3 Å². The van der Waals surface area contributed by atoms with Gasteiger partial charge in [-0.05, 0) is 24.7 Å². The summed E-state index contributed by atoms with van der Waals surface area (Å²) in [6.07, 6.45) is 7.91. The van der Waals surface area contributed by atoms with Gasteiger partial charge in [-0.3, -0.25) is 4.79 Å². The maximum Gasteiger partial charge on any atom is 0.239 e. The largest absolute Gasteiger partial charge is 0.341 e. The number of carbonyl (C=O) groups excluding carboxylic acids is 1. The molecule has 1 aliphatic heterocycles. The van der Waals surface area contributed by atoms with Crippen LogP contribution in [0.1, 0.15) is 38.9 Å². The molecule has 0 aliphatic carbocycles.